The number of hydrogen-bond donors (Lipinski definition) is 8. The summed E-state index contributed by atoms with van der Waals surface area (Å²) in [4.78, 5) is 115. The van der Waals surface area contributed by atoms with Crippen LogP contribution in [0.2, 0.25) is 0 Å². The van der Waals surface area contributed by atoms with Crippen molar-refractivity contribution in [2.24, 2.45) is 17.6 Å². The maximum absolute atomic E-state index is 15.4. The molecule has 5 aromatic rings. The second-order valence-electron chi connectivity index (χ2n) is 22.0. The Labute approximate surface area is 472 Å². The SMILES string of the molecule is NCCNC(=O)O[C@@H]1C[C@H]2C(=O)N[C@H](CCc3ccccc3)C(=O)N[C@H](Cc3c[nH]c4ccccc34)C(=O)C[C@@H](CN3CCNCC3)C(=O)N[C@@H](Cc3ccc(OCC4CCCCC4)cc3)C(=O)N[C@@H](Cc3cccnc3)C(=O)N2C1. The summed E-state index contributed by atoms with van der Waals surface area (Å²) in [6, 6.07) is 21.6. The van der Waals surface area contributed by atoms with Crippen molar-refractivity contribution in [1.82, 2.24) is 51.7 Å². The number of amides is 6. The second kappa shape index (κ2) is 28.6. The van der Waals surface area contributed by atoms with Crippen LogP contribution in [-0.4, -0.2) is 156 Å². The summed E-state index contributed by atoms with van der Waals surface area (Å²) in [5.41, 5.74) is 9.42. The van der Waals surface area contributed by atoms with Gasteiger partial charge in [-0.05, 0) is 78.1 Å². The molecule has 9 N–H and O–H groups in total. The van der Waals surface area contributed by atoms with Gasteiger partial charge in [-0.25, -0.2) is 4.79 Å². The number of alkyl carbamates (subject to hydrolysis) is 1. The van der Waals surface area contributed by atoms with E-state index < -0.39 is 83.6 Å². The van der Waals surface area contributed by atoms with Crippen molar-refractivity contribution in [3.63, 3.8) is 0 Å². The zero-order chi connectivity index (χ0) is 56.5. The fourth-order valence-corrected chi connectivity index (χ4v) is 11.6. The van der Waals surface area contributed by atoms with Gasteiger partial charge in [-0.2, -0.15) is 0 Å². The first kappa shape index (κ1) is 58.0. The molecule has 3 aliphatic heterocycles. The van der Waals surface area contributed by atoms with E-state index in [1.54, 1.807) is 30.7 Å². The van der Waals surface area contributed by atoms with Crippen molar-refractivity contribution < 1.29 is 43.0 Å². The van der Waals surface area contributed by atoms with Crippen LogP contribution in [-0.2, 0) is 59.2 Å². The number of carbonyl (C=O) groups is 7. The summed E-state index contributed by atoms with van der Waals surface area (Å²) in [6.45, 7) is 3.35. The van der Waals surface area contributed by atoms with E-state index in [-0.39, 0.29) is 64.7 Å². The Morgan fingerprint density at radius 2 is 1.42 bits per heavy atom. The van der Waals surface area contributed by atoms with Crippen molar-refractivity contribution in [1.29, 1.82) is 0 Å². The minimum absolute atomic E-state index is 0.00519. The number of aromatic amines is 1. The van der Waals surface area contributed by atoms with E-state index in [2.05, 4.69) is 46.8 Å². The van der Waals surface area contributed by atoms with E-state index in [4.69, 9.17) is 15.2 Å². The van der Waals surface area contributed by atoms with Crippen LogP contribution in [0.1, 0.15) is 73.6 Å². The predicted molar refractivity (Wildman–Crippen MR) is 305 cm³/mol. The van der Waals surface area contributed by atoms with E-state index in [0.29, 0.717) is 62.0 Å². The molecule has 4 fully saturated rings. The van der Waals surface area contributed by atoms with E-state index >= 15 is 28.8 Å². The Kier molecular flexibility index (Phi) is 20.5. The molecule has 7 atom stereocenters. The van der Waals surface area contributed by atoms with Crippen LogP contribution in [0.4, 0.5) is 4.79 Å². The molecule has 20 nitrogen and oxygen atoms in total. The molecule has 81 heavy (non-hydrogen) atoms. The summed E-state index contributed by atoms with van der Waals surface area (Å²) in [6.07, 6.45) is 9.02. The summed E-state index contributed by atoms with van der Waals surface area (Å²) >= 11 is 0. The van der Waals surface area contributed by atoms with Crippen LogP contribution in [0, 0.1) is 11.8 Å². The fraction of sp³-hybridized carbons (Fsp3) is 0.475. The second-order valence-corrected chi connectivity index (χ2v) is 22.0. The lowest BCUT2D eigenvalue weighted by Crippen LogP contribution is -2.60. The average molecular weight is 1110 g/mol. The van der Waals surface area contributed by atoms with Crippen molar-refractivity contribution in [2.45, 2.75) is 113 Å². The van der Waals surface area contributed by atoms with Gasteiger partial charge in [0.25, 0.3) is 0 Å². The van der Waals surface area contributed by atoms with Crippen molar-refractivity contribution in [3.8, 4) is 5.75 Å². The summed E-state index contributed by atoms with van der Waals surface area (Å²) in [5, 5.41) is 18.8. The van der Waals surface area contributed by atoms with Gasteiger partial charge in [0, 0.05) is 107 Å². The normalized spacial score (nSPS) is 24.0. The number of nitrogens with two attached hydrogens (primary N) is 1. The van der Waals surface area contributed by atoms with Crippen molar-refractivity contribution >= 4 is 52.3 Å². The number of aromatic nitrogens is 2. The van der Waals surface area contributed by atoms with Crippen LogP contribution >= 0.6 is 0 Å². The first-order valence-corrected chi connectivity index (χ1v) is 28.8. The molecule has 3 saturated heterocycles. The van der Waals surface area contributed by atoms with Crippen LogP contribution in [0.25, 0.3) is 10.9 Å². The number of rotatable bonds is 17. The molecule has 0 spiro atoms. The average Bonchev–Trinajstić information content (AvgIpc) is 4.11. The Morgan fingerprint density at radius 1 is 0.716 bits per heavy atom. The first-order valence-electron chi connectivity index (χ1n) is 28.8. The smallest absolute Gasteiger partial charge is 0.407 e. The molecule has 2 aromatic heterocycles. The number of pyridine rings is 1. The molecule has 0 bridgehead atoms. The van der Waals surface area contributed by atoms with Gasteiger partial charge >= 0.3 is 6.09 Å². The molecule has 5 heterocycles. The molecule has 6 amide bonds. The summed E-state index contributed by atoms with van der Waals surface area (Å²) in [5.74, 6) is -3.49. The zero-order valence-corrected chi connectivity index (χ0v) is 46.0. The predicted octanol–water partition coefficient (Wildman–Crippen LogP) is 3.27. The maximum atomic E-state index is 15.4. The Balaban J connectivity index is 1.10. The molecule has 0 unspecified atom stereocenters. The molecule has 9 rings (SSSR count). The molecule has 430 valence electrons. The van der Waals surface area contributed by atoms with Gasteiger partial charge < -0.3 is 61.9 Å². The number of carbonyl (C=O) groups excluding carboxylic acids is 7. The van der Waals surface area contributed by atoms with Gasteiger partial charge in [-0.3, -0.25) is 33.8 Å². The number of piperazine rings is 1. The number of H-pyrrole nitrogens is 1. The number of ketones is 1. The number of ether oxygens (including phenoxy) is 2. The summed E-state index contributed by atoms with van der Waals surface area (Å²) in [7, 11) is 0. The lowest BCUT2D eigenvalue weighted by molar-refractivity contribution is -0.143. The zero-order valence-electron chi connectivity index (χ0n) is 46.0. The maximum Gasteiger partial charge on any atom is 0.407 e. The summed E-state index contributed by atoms with van der Waals surface area (Å²) < 4.78 is 12.0. The van der Waals surface area contributed by atoms with Crippen LogP contribution in [0.3, 0.4) is 0 Å². The molecular formula is C61H77N11O9. The van der Waals surface area contributed by atoms with E-state index in [1.807, 2.05) is 78.9 Å². The molecule has 20 heteroatoms. The van der Waals surface area contributed by atoms with Gasteiger partial charge in [-0.1, -0.05) is 86.0 Å². The largest absolute Gasteiger partial charge is 0.493 e. The third kappa shape index (κ3) is 16.3. The number of aryl methyl sites for hydroxylation is 1. The van der Waals surface area contributed by atoms with Gasteiger partial charge in [0.15, 0.2) is 5.78 Å². The number of hydrogen-bond acceptors (Lipinski definition) is 13. The molecule has 4 aliphatic rings. The minimum atomic E-state index is -1.34. The fourth-order valence-electron chi connectivity index (χ4n) is 11.6. The van der Waals surface area contributed by atoms with Crippen molar-refractivity contribution in [3.05, 3.63) is 132 Å². The third-order valence-corrected chi connectivity index (χ3v) is 16.0. The van der Waals surface area contributed by atoms with Crippen LogP contribution in [0.5, 0.6) is 5.75 Å². The Hall–Kier alpha value is -7.68. The number of nitrogens with one attached hydrogen (secondary N) is 7. The number of benzene rings is 3. The monoisotopic (exact) mass is 1110 g/mol. The Morgan fingerprint density at radius 3 is 2.19 bits per heavy atom. The quantitative estimate of drug-likeness (QED) is 0.0666. The number of Topliss-reactive ketones (excluding diaryl/α,β-unsaturated/α-hetero) is 1. The highest BCUT2D eigenvalue weighted by Crippen LogP contribution is 2.27. The van der Waals surface area contributed by atoms with Gasteiger partial charge in [0.05, 0.1) is 25.1 Å². The first-order chi connectivity index (χ1) is 39.5. The topological polar surface area (TPSA) is 271 Å². The molecular weight excluding hydrogens is 1030 g/mol. The van der Waals surface area contributed by atoms with Crippen molar-refractivity contribution in [2.75, 3.05) is 59.0 Å². The van der Waals surface area contributed by atoms with E-state index in [1.165, 1.54) is 24.2 Å². The number of fused-ring (bicyclic) bond motifs is 2. The van der Waals surface area contributed by atoms with Gasteiger partial charge in [-0.15, -0.1) is 0 Å². The number of para-hydroxylation sites is 1. The third-order valence-electron chi connectivity index (χ3n) is 16.0. The lowest BCUT2D eigenvalue weighted by Gasteiger charge is -2.33. The Bertz CT molecular complexity index is 2910. The van der Waals surface area contributed by atoms with E-state index in [9.17, 15) is 4.79 Å². The van der Waals surface area contributed by atoms with Crippen LogP contribution in [0.15, 0.2) is 110 Å². The van der Waals surface area contributed by atoms with E-state index in [0.717, 1.165) is 34.9 Å². The highest BCUT2D eigenvalue weighted by atomic mass is 16.6. The number of nitrogens with zero attached hydrogens (tertiary/aromatic N) is 3. The highest BCUT2D eigenvalue weighted by molar-refractivity contribution is 5.99. The van der Waals surface area contributed by atoms with Crippen LogP contribution < -0.4 is 42.4 Å². The van der Waals surface area contributed by atoms with Gasteiger partial charge in [0.2, 0.25) is 29.5 Å². The highest BCUT2D eigenvalue weighted by Gasteiger charge is 2.45. The minimum Gasteiger partial charge on any atom is -0.493 e. The standard InChI is InChI=1S/C61H77N11O9/c62-23-25-65-61(79)81-47-34-54-59(77)67-50(22-19-40-10-3-1-4-11-40)57(75)68-51(32-44-36-66-49-16-8-7-15-48(44)49)55(73)33-45(37-71-28-26-63-27-29-71)56(74)69-52(30-41-17-20-46(21-18-41)80-39-42-12-5-2-6-13-42)58(76)70-53(60(78)72(54)38-47)31-43-14-9-24-64-35-43/h1,3-4,7-11,14-18,20-21,24,35-36,42,45,47,50-54,63,66H,2,5-6,12-13,19,22-23,25-34,37-39,62H2,(H,65,79)(H,67,77)(H,68,75)(H,69,74)(H,70,76)/t45-,47+,50+,51+,52-,53-,54-/m0/s1. The molecule has 3 aromatic carbocycles. The molecule has 1 saturated carbocycles. The lowest BCUT2D eigenvalue weighted by atomic mass is 9.90. The molecule has 0 radical (unpaired) electrons. The van der Waals surface area contributed by atoms with Gasteiger partial charge in [0.1, 0.15) is 36.0 Å². The molecule has 1 aliphatic carbocycles.